The Bertz CT molecular complexity index is 741. The molecule has 1 aliphatic rings. The third-order valence-corrected chi connectivity index (χ3v) is 4.65. The summed E-state index contributed by atoms with van der Waals surface area (Å²) in [4.78, 5) is 24.8. The zero-order valence-electron chi connectivity index (χ0n) is 16.0. The van der Waals surface area contributed by atoms with Gasteiger partial charge in [0.2, 0.25) is 5.91 Å². The van der Waals surface area contributed by atoms with E-state index in [2.05, 4.69) is 33.9 Å². The van der Waals surface area contributed by atoms with Crippen molar-refractivity contribution in [2.24, 2.45) is 11.8 Å². The average molecular weight is 357 g/mol. The summed E-state index contributed by atoms with van der Waals surface area (Å²) >= 11 is 0. The van der Waals surface area contributed by atoms with Crippen molar-refractivity contribution in [2.45, 2.75) is 33.6 Å². The second-order valence-corrected chi connectivity index (χ2v) is 7.40. The van der Waals surface area contributed by atoms with Crippen molar-refractivity contribution in [1.82, 2.24) is 20.0 Å². The molecule has 140 valence electrons. The number of anilines is 1. The van der Waals surface area contributed by atoms with Crippen molar-refractivity contribution < 1.29 is 9.32 Å². The summed E-state index contributed by atoms with van der Waals surface area (Å²) in [6, 6.07) is 3.90. The largest absolute Gasteiger partial charge is 0.359 e. The summed E-state index contributed by atoms with van der Waals surface area (Å²) in [6.07, 6.45) is 3.18. The van der Waals surface area contributed by atoms with E-state index in [9.17, 15) is 4.79 Å². The molecule has 1 fully saturated rings. The number of pyridine rings is 1. The van der Waals surface area contributed by atoms with Crippen LogP contribution in [0, 0.1) is 11.8 Å². The van der Waals surface area contributed by atoms with Crippen molar-refractivity contribution in [3.8, 4) is 11.5 Å². The Hall–Kier alpha value is -2.44. The van der Waals surface area contributed by atoms with Crippen molar-refractivity contribution in [3.63, 3.8) is 0 Å². The second-order valence-electron chi connectivity index (χ2n) is 7.40. The first-order valence-corrected chi connectivity index (χ1v) is 9.24. The van der Waals surface area contributed by atoms with Gasteiger partial charge >= 0.3 is 0 Å². The summed E-state index contributed by atoms with van der Waals surface area (Å²) in [7, 11) is 2.01. The zero-order valence-corrected chi connectivity index (χ0v) is 16.0. The van der Waals surface area contributed by atoms with E-state index in [1.165, 1.54) is 0 Å². The van der Waals surface area contributed by atoms with E-state index in [0.717, 1.165) is 43.3 Å². The standard InChI is InChI=1S/C19H27N5O2/c1-5-24-12-14(9-18(24)25)11-23(4)17-7-6-15(10-20-17)19-21-16(22-26-19)8-13(2)3/h6-7,10,13-14H,5,8-9,11-12H2,1-4H3. The highest BCUT2D eigenvalue weighted by Crippen LogP contribution is 2.22. The molecule has 1 unspecified atom stereocenters. The molecule has 2 aromatic heterocycles. The molecule has 3 heterocycles. The van der Waals surface area contributed by atoms with Gasteiger partial charge in [-0.05, 0) is 25.0 Å². The Kier molecular flexibility index (Phi) is 5.54. The molecule has 1 atom stereocenters. The first-order valence-electron chi connectivity index (χ1n) is 9.24. The smallest absolute Gasteiger partial charge is 0.259 e. The van der Waals surface area contributed by atoms with E-state index >= 15 is 0 Å². The van der Waals surface area contributed by atoms with E-state index in [0.29, 0.717) is 24.1 Å². The molecule has 1 amide bonds. The minimum absolute atomic E-state index is 0.253. The Labute approximate surface area is 154 Å². The molecule has 7 nitrogen and oxygen atoms in total. The van der Waals surface area contributed by atoms with E-state index < -0.39 is 0 Å². The highest BCUT2D eigenvalue weighted by molar-refractivity contribution is 5.78. The van der Waals surface area contributed by atoms with Gasteiger partial charge in [0.1, 0.15) is 5.82 Å². The lowest BCUT2D eigenvalue weighted by Gasteiger charge is -2.22. The lowest BCUT2D eigenvalue weighted by molar-refractivity contribution is -0.127. The lowest BCUT2D eigenvalue weighted by atomic mass is 10.1. The van der Waals surface area contributed by atoms with E-state index in [1.54, 1.807) is 6.20 Å². The van der Waals surface area contributed by atoms with Crippen LogP contribution in [0.3, 0.4) is 0 Å². The van der Waals surface area contributed by atoms with Gasteiger partial charge in [0.05, 0.1) is 5.56 Å². The van der Waals surface area contributed by atoms with Crippen LogP contribution in [0.25, 0.3) is 11.5 Å². The number of likely N-dealkylation sites (tertiary alicyclic amines) is 1. The number of hydrogen-bond donors (Lipinski definition) is 0. The van der Waals surface area contributed by atoms with Gasteiger partial charge in [0.25, 0.3) is 5.89 Å². The van der Waals surface area contributed by atoms with Crippen molar-refractivity contribution in [1.29, 1.82) is 0 Å². The Balaban J connectivity index is 1.62. The molecule has 0 radical (unpaired) electrons. The molecular weight excluding hydrogens is 330 g/mol. The molecule has 0 bridgehead atoms. The van der Waals surface area contributed by atoms with Gasteiger partial charge in [0.15, 0.2) is 5.82 Å². The van der Waals surface area contributed by atoms with Gasteiger partial charge in [-0.3, -0.25) is 4.79 Å². The highest BCUT2D eigenvalue weighted by Gasteiger charge is 2.29. The van der Waals surface area contributed by atoms with Crippen LogP contribution in [0.4, 0.5) is 5.82 Å². The van der Waals surface area contributed by atoms with Crippen molar-refractivity contribution >= 4 is 11.7 Å². The monoisotopic (exact) mass is 357 g/mol. The van der Waals surface area contributed by atoms with E-state index in [4.69, 9.17) is 4.52 Å². The Morgan fingerprint density at radius 2 is 2.19 bits per heavy atom. The fraction of sp³-hybridized carbons (Fsp3) is 0.579. The molecular formula is C19H27N5O2. The van der Waals surface area contributed by atoms with E-state index in [-0.39, 0.29) is 5.91 Å². The zero-order chi connectivity index (χ0) is 18.7. The highest BCUT2D eigenvalue weighted by atomic mass is 16.5. The molecule has 0 aromatic carbocycles. The molecule has 2 aromatic rings. The predicted molar refractivity (Wildman–Crippen MR) is 99.7 cm³/mol. The summed E-state index contributed by atoms with van der Waals surface area (Å²) < 4.78 is 5.34. The van der Waals surface area contributed by atoms with E-state index in [1.807, 2.05) is 31.0 Å². The number of rotatable bonds is 7. The summed E-state index contributed by atoms with van der Waals surface area (Å²) in [5, 5.41) is 4.02. The molecule has 0 aliphatic carbocycles. The van der Waals surface area contributed by atoms with Gasteiger partial charge in [-0.2, -0.15) is 4.98 Å². The second kappa shape index (κ2) is 7.85. The van der Waals surface area contributed by atoms with Crippen LogP contribution in [0.1, 0.15) is 33.0 Å². The maximum atomic E-state index is 11.9. The van der Waals surface area contributed by atoms with Crippen LogP contribution in [-0.2, 0) is 11.2 Å². The molecule has 26 heavy (non-hydrogen) atoms. The van der Waals surface area contributed by atoms with Crippen LogP contribution < -0.4 is 4.90 Å². The van der Waals surface area contributed by atoms with Gasteiger partial charge in [0, 0.05) is 51.6 Å². The summed E-state index contributed by atoms with van der Waals surface area (Å²) in [5.41, 5.74) is 0.817. The molecule has 0 N–H and O–H groups in total. The first-order chi connectivity index (χ1) is 12.5. The maximum absolute atomic E-state index is 11.9. The fourth-order valence-electron chi connectivity index (χ4n) is 3.32. The van der Waals surface area contributed by atoms with Crippen LogP contribution in [0.5, 0.6) is 0 Å². The normalized spacial score (nSPS) is 17.3. The summed E-state index contributed by atoms with van der Waals surface area (Å²) in [5.74, 6) is 3.19. The molecule has 7 heteroatoms. The number of carbonyl (C=O) groups excluding carboxylic acids is 1. The third kappa shape index (κ3) is 4.20. The quantitative estimate of drug-likeness (QED) is 0.758. The minimum Gasteiger partial charge on any atom is -0.359 e. The predicted octanol–water partition coefficient (Wildman–Crippen LogP) is 2.63. The number of aromatic nitrogens is 3. The third-order valence-electron chi connectivity index (χ3n) is 4.65. The Morgan fingerprint density at radius 1 is 1.38 bits per heavy atom. The number of carbonyl (C=O) groups is 1. The van der Waals surface area contributed by atoms with Crippen LogP contribution in [0.15, 0.2) is 22.9 Å². The number of hydrogen-bond acceptors (Lipinski definition) is 6. The first kappa shape index (κ1) is 18.4. The minimum atomic E-state index is 0.253. The summed E-state index contributed by atoms with van der Waals surface area (Å²) in [6.45, 7) is 8.70. The Morgan fingerprint density at radius 3 is 2.81 bits per heavy atom. The van der Waals surface area contributed by atoms with Crippen molar-refractivity contribution in [3.05, 3.63) is 24.2 Å². The number of nitrogens with zero attached hydrogens (tertiary/aromatic N) is 5. The SMILES string of the molecule is CCN1CC(CN(C)c2ccc(-c3nc(CC(C)C)no3)cn2)CC1=O. The molecule has 3 rings (SSSR count). The maximum Gasteiger partial charge on any atom is 0.259 e. The van der Waals surface area contributed by atoms with Crippen molar-refractivity contribution in [2.75, 3.05) is 31.6 Å². The average Bonchev–Trinajstić information content (AvgIpc) is 3.20. The molecule has 0 saturated carbocycles. The van der Waals surface area contributed by atoms with Crippen LogP contribution >= 0.6 is 0 Å². The molecule has 0 spiro atoms. The molecule has 1 aliphatic heterocycles. The van der Waals surface area contributed by atoms with Crippen LogP contribution in [0.2, 0.25) is 0 Å². The van der Waals surface area contributed by atoms with Gasteiger partial charge in [-0.1, -0.05) is 19.0 Å². The molecule has 1 saturated heterocycles. The van der Waals surface area contributed by atoms with Gasteiger partial charge in [-0.25, -0.2) is 4.98 Å². The topological polar surface area (TPSA) is 75.4 Å². The number of amides is 1. The lowest BCUT2D eigenvalue weighted by Crippen LogP contribution is -2.29. The van der Waals surface area contributed by atoms with Gasteiger partial charge < -0.3 is 14.3 Å². The van der Waals surface area contributed by atoms with Crippen LogP contribution in [-0.4, -0.2) is 52.6 Å². The fourth-order valence-corrected chi connectivity index (χ4v) is 3.32. The van der Waals surface area contributed by atoms with Gasteiger partial charge in [-0.15, -0.1) is 0 Å².